The molecule has 0 aliphatic heterocycles. The molecule has 1 saturated carbocycles. The molecule has 106 valence electrons. The standard InChI is InChI=1S/C15H18BrN3O/c1-10-4-7-12(13(16)9-10)15-19-18-14(20-15)3-2-8-17-11-5-6-11/h4,7,9,11,17H,2-3,5-6,8H2,1H3. The van der Waals surface area contributed by atoms with E-state index in [4.69, 9.17) is 4.42 Å². The highest BCUT2D eigenvalue weighted by atomic mass is 79.9. The van der Waals surface area contributed by atoms with Gasteiger partial charge in [0.2, 0.25) is 11.8 Å². The van der Waals surface area contributed by atoms with E-state index in [-0.39, 0.29) is 0 Å². The van der Waals surface area contributed by atoms with Crippen molar-refractivity contribution >= 4 is 15.9 Å². The van der Waals surface area contributed by atoms with Crippen LogP contribution in [0.15, 0.2) is 27.1 Å². The first kappa shape index (κ1) is 13.8. The summed E-state index contributed by atoms with van der Waals surface area (Å²) < 4.78 is 6.72. The Bertz CT molecular complexity index is 593. The Kier molecular flexibility index (Phi) is 4.17. The lowest BCUT2D eigenvalue weighted by atomic mass is 10.1. The van der Waals surface area contributed by atoms with Crippen LogP contribution in [-0.2, 0) is 6.42 Å². The van der Waals surface area contributed by atoms with Crippen molar-refractivity contribution in [2.24, 2.45) is 0 Å². The number of aryl methyl sites for hydroxylation is 2. The van der Waals surface area contributed by atoms with Gasteiger partial charge in [-0.2, -0.15) is 0 Å². The van der Waals surface area contributed by atoms with E-state index < -0.39 is 0 Å². The summed E-state index contributed by atoms with van der Waals surface area (Å²) in [5.74, 6) is 1.30. The van der Waals surface area contributed by atoms with Crippen LogP contribution in [0.4, 0.5) is 0 Å². The Balaban J connectivity index is 1.60. The largest absolute Gasteiger partial charge is 0.421 e. The Morgan fingerprint density at radius 3 is 2.95 bits per heavy atom. The van der Waals surface area contributed by atoms with Crippen LogP contribution in [-0.4, -0.2) is 22.8 Å². The highest BCUT2D eigenvalue weighted by molar-refractivity contribution is 9.10. The van der Waals surface area contributed by atoms with Gasteiger partial charge in [-0.25, -0.2) is 0 Å². The SMILES string of the molecule is Cc1ccc(-c2nnc(CCCNC3CC3)o2)c(Br)c1. The fourth-order valence-corrected chi connectivity index (χ4v) is 2.75. The maximum atomic E-state index is 5.73. The summed E-state index contributed by atoms with van der Waals surface area (Å²) in [6, 6.07) is 6.87. The zero-order valence-electron chi connectivity index (χ0n) is 11.5. The molecule has 1 aromatic heterocycles. The number of hydrogen-bond acceptors (Lipinski definition) is 4. The molecule has 1 aromatic carbocycles. The van der Waals surface area contributed by atoms with Crippen molar-refractivity contribution in [2.75, 3.05) is 6.54 Å². The van der Waals surface area contributed by atoms with Gasteiger partial charge in [-0.15, -0.1) is 10.2 Å². The fourth-order valence-electron chi connectivity index (χ4n) is 2.09. The number of aromatic nitrogens is 2. The minimum atomic E-state index is 0.585. The molecule has 0 spiro atoms. The molecule has 1 aliphatic rings. The van der Waals surface area contributed by atoms with Crippen LogP contribution >= 0.6 is 15.9 Å². The number of nitrogens with zero attached hydrogens (tertiary/aromatic N) is 2. The van der Waals surface area contributed by atoms with E-state index in [0.29, 0.717) is 11.8 Å². The van der Waals surface area contributed by atoms with Gasteiger partial charge in [0, 0.05) is 16.9 Å². The molecule has 2 aromatic rings. The number of hydrogen-bond donors (Lipinski definition) is 1. The van der Waals surface area contributed by atoms with Crippen LogP contribution in [0.5, 0.6) is 0 Å². The molecule has 20 heavy (non-hydrogen) atoms. The van der Waals surface area contributed by atoms with Gasteiger partial charge in [-0.1, -0.05) is 6.07 Å². The molecule has 0 atom stereocenters. The molecule has 1 N–H and O–H groups in total. The van der Waals surface area contributed by atoms with E-state index >= 15 is 0 Å². The van der Waals surface area contributed by atoms with Crippen molar-refractivity contribution in [2.45, 2.75) is 38.6 Å². The van der Waals surface area contributed by atoms with Gasteiger partial charge in [-0.3, -0.25) is 0 Å². The zero-order chi connectivity index (χ0) is 13.9. The summed E-state index contributed by atoms with van der Waals surface area (Å²) in [4.78, 5) is 0. The van der Waals surface area contributed by atoms with Crippen molar-refractivity contribution < 1.29 is 4.42 Å². The minimum Gasteiger partial charge on any atom is -0.421 e. The molecular formula is C15H18BrN3O. The van der Waals surface area contributed by atoms with E-state index in [1.807, 2.05) is 12.1 Å². The Hall–Kier alpha value is -1.20. The second-order valence-corrected chi connectivity index (χ2v) is 6.17. The second-order valence-electron chi connectivity index (χ2n) is 5.32. The van der Waals surface area contributed by atoms with Crippen molar-refractivity contribution in [1.82, 2.24) is 15.5 Å². The van der Waals surface area contributed by atoms with Gasteiger partial charge in [0.05, 0.1) is 5.56 Å². The molecule has 0 amide bonds. The zero-order valence-corrected chi connectivity index (χ0v) is 13.1. The van der Waals surface area contributed by atoms with Crippen LogP contribution in [0, 0.1) is 6.92 Å². The van der Waals surface area contributed by atoms with E-state index in [1.54, 1.807) is 0 Å². The third-order valence-electron chi connectivity index (χ3n) is 3.40. The highest BCUT2D eigenvalue weighted by Crippen LogP contribution is 2.28. The van der Waals surface area contributed by atoms with Crippen LogP contribution in [0.25, 0.3) is 11.5 Å². The summed E-state index contributed by atoms with van der Waals surface area (Å²) in [7, 11) is 0. The van der Waals surface area contributed by atoms with Gasteiger partial charge < -0.3 is 9.73 Å². The molecule has 1 fully saturated rings. The maximum Gasteiger partial charge on any atom is 0.248 e. The first-order valence-electron chi connectivity index (χ1n) is 7.04. The van der Waals surface area contributed by atoms with E-state index in [2.05, 4.69) is 44.4 Å². The number of rotatable bonds is 6. The molecule has 0 radical (unpaired) electrons. The summed E-state index contributed by atoms with van der Waals surface area (Å²) in [6.07, 6.45) is 4.52. The predicted molar refractivity (Wildman–Crippen MR) is 81.5 cm³/mol. The Labute approximate surface area is 127 Å². The van der Waals surface area contributed by atoms with E-state index in [9.17, 15) is 0 Å². The van der Waals surface area contributed by atoms with Crippen molar-refractivity contribution in [1.29, 1.82) is 0 Å². The Morgan fingerprint density at radius 1 is 1.35 bits per heavy atom. The van der Waals surface area contributed by atoms with Gasteiger partial charge in [0.15, 0.2) is 0 Å². The lowest BCUT2D eigenvalue weighted by Gasteiger charge is -2.01. The molecule has 5 heteroatoms. The second kappa shape index (κ2) is 6.06. The minimum absolute atomic E-state index is 0.585. The lowest BCUT2D eigenvalue weighted by Crippen LogP contribution is -2.17. The molecule has 0 saturated heterocycles. The summed E-state index contributed by atoms with van der Waals surface area (Å²) in [5, 5.41) is 11.7. The molecule has 0 unspecified atom stereocenters. The monoisotopic (exact) mass is 335 g/mol. The third-order valence-corrected chi connectivity index (χ3v) is 4.06. The smallest absolute Gasteiger partial charge is 0.248 e. The first-order chi connectivity index (χ1) is 9.72. The van der Waals surface area contributed by atoms with Gasteiger partial charge >= 0.3 is 0 Å². The number of benzene rings is 1. The number of halogens is 1. The van der Waals surface area contributed by atoms with Crippen LogP contribution in [0.2, 0.25) is 0 Å². The fraction of sp³-hybridized carbons (Fsp3) is 0.467. The molecule has 0 bridgehead atoms. The molecular weight excluding hydrogens is 318 g/mol. The quantitative estimate of drug-likeness (QED) is 0.821. The normalized spacial score (nSPS) is 14.7. The Morgan fingerprint density at radius 2 is 2.20 bits per heavy atom. The topological polar surface area (TPSA) is 51.0 Å². The molecule has 4 nitrogen and oxygen atoms in total. The predicted octanol–water partition coefficient (Wildman–Crippen LogP) is 3.49. The highest BCUT2D eigenvalue weighted by Gasteiger charge is 2.19. The van der Waals surface area contributed by atoms with Crippen molar-refractivity contribution in [3.8, 4) is 11.5 Å². The van der Waals surface area contributed by atoms with Crippen LogP contribution in [0.1, 0.15) is 30.7 Å². The first-order valence-corrected chi connectivity index (χ1v) is 7.84. The summed E-state index contributed by atoms with van der Waals surface area (Å²) in [6.45, 7) is 3.08. The summed E-state index contributed by atoms with van der Waals surface area (Å²) >= 11 is 3.54. The van der Waals surface area contributed by atoms with Crippen LogP contribution in [0.3, 0.4) is 0 Å². The van der Waals surface area contributed by atoms with Crippen molar-refractivity contribution in [3.05, 3.63) is 34.1 Å². The number of nitrogens with one attached hydrogen (secondary N) is 1. The van der Waals surface area contributed by atoms with Crippen molar-refractivity contribution in [3.63, 3.8) is 0 Å². The third kappa shape index (κ3) is 3.46. The average molecular weight is 336 g/mol. The molecule has 3 rings (SSSR count). The lowest BCUT2D eigenvalue weighted by molar-refractivity contribution is 0.490. The molecule has 1 heterocycles. The van der Waals surface area contributed by atoms with Gasteiger partial charge in [0.1, 0.15) is 0 Å². The van der Waals surface area contributed by atoms with Gasteiger partial charge in [-0.05, 0) is 66.4 Å². The van der Waals surface area contributed by atoms with E-state index in [1.165, 1.54) is 18.4 Å². The van der Waals surface area contributed by atoms with Crippen LogP contribution < -0.4 is 5.32 Å². The van der Waals surface area contributed by atoms with Gasteiger partial charge in [0.25, 0.3) is 0 Å². The maximum absolute atomic E-state index is 5.73. The summed E-state index contributed by atoms with van der Waals surface area (Å²) in [5.41, 5.74) is 2.15. The molecule has 1 aliphatic carbocycles. The van der Waals surface area contributed by atoms with E-state index in [0.717, 1.165) is 35.5 Å². The average Bonchev–Trinajstić information content (AvgIpc) is 3.13.